The molecule has 0 bridgehead atoms. The van der Waals surface area contributed by atoms with E-state index in [1.54, 1.807) is 0 Å². The maximum Gasteiger partial charge on any atom is 0.254 e. The molecular weight excluding hydrogens is 398 g/mol. The Morgan fingerprint density at radius 3 is 2.62 bits per heavy atom. The smallest absolute Gasteiger partial charge is 0.254 e. The number of carbonyl (C=O) groups excluding carboxylic acids is 1. The molecule has 0 saturated carbocycles. The van der Waals surface area contributed by atoms with Crippen molar-refractivity contribution in [3.05, 3.63) is 77.2 Å². The van der Waals surface area contributed by atoms with Gasteiger partial charge >= 0.3 is 0 Å². The van der Waals surface area contributed by atoms with Crippen molar-refractivity contribution >= 4 is 11.7 Å². The van der Waals surface area contributed by atoms with Crippen molar-refractivity contribution in [2.24, 2.45) is 0 Å². The molecule has 6 heteroatoms. The molecule has 2 aromatic carbocycles. The summed E-state index contributed by atoms with van der Waals surface area (Å²) in [7, 11) is 4.06. The Labute approximate surface area is 189 Å². The van der Waals surface area contributed by atoms with E-state index in [1.807, 2.05) is 54.4 Å². The molecule has 1 amide bonds. The van der Waals surface area contributed by atoms with Gasteiger partial charge in [0.1, 0.15) is 11.6 Å². The van der Waals surface area contributed by atoms with Gasteiger partial charge in [0.2, 0.25) is 0 Å². The lowest BCUT2D eigenvalue weighted by molar-refractivity contribution is 0.0791. The van der Waals surface area contributed by atoms with E-state index in [2.05, 4.69) is 29.4 Å². The maximum atomic E-state index is 13.5. The Bertz CT molecular complexity index is 1130. The van der Waals surface area contributed by atoms with Crippen LogP contribution < -0.4 is 5.32 Å². The monoisotopic (exact) mass is 427 g/mol. The average Bonchev–Trinajstić information content (AvgIpc) is 3.33. The first-order chi connectivity index (χ1) is 15.6. The van der Waals surface area contributed by atoms with E-state index in [-0.39, 0.29) is 11.8 Å². The van der Waals surface area contributed by atoms with Gasteiger partial charge in [-0.25, -0.2) is 9.97 Å². The molecule has 5 rings (SSSR count). The molecular formula is C26H29N5O. The maximum absolute atomic E-state index is 13.5. The highest BCUT2D eigenvalue weighted by Crippen LogP contribution is 2.32. The van der Waals surface area contributed by atoms with Crippen LogP contribution in [0.1, 0.15) is 39.8 Å². The summed E-state index contributed by atoms with van der Waals surface area (Å²) in [4.78, 5) is 27.6. The van der Waals surface area contributed by atoms with Crippen LogP contribution in [-0.4, -0.2) is 59.4 Å². The van der Waals surface area contributed by atoms with Crippen molar-refractivity contribution in [3.63, 3.8) is 0 Å². The van der Waals surface area contributed by atoms with Crippen LogP contribution in [-0.2, 0) is 13.0 Å². The molecule has 0 unspecified atom stereocenters. The van der Waals surface area contributed by atoms with E-state index in [0.717, 1.165) is 66.5 Å². The lowest BCUT2D eigenvalue weighted by atomic mass is 9.99. The molecule has 32 heavy (non-hydrogen) atoms. The summed E-state index contributed by atoms with van der Waals surface area (Å²) in [6.45, 7) is 3.25. The molecule has 2 aliphatic heterocycles. The quantitative estimate of drug-likeness (QED) is 0.686. The van der Waals surface area contributed by atoms with Crippen molar-refractivity contribution in [2.75, 3.05) is 39.0 Å². The van der Waals surface area contributed by atoms with Gasteiger partial charge in [-0.3, -0.25) is 4.79 Å². The van der Waals surface area contributed by atoms with E-state index in [9.17, 15) is 4.79 Å². The van der Waals surface area contributed by atoms with Crippen molar-refractivity contribution in [1.29, 1.82) is 0 Å². The highest BCUT2D eigenvalue weighted by atomic mass is 16.2. The molecule has 0 spiro atoms. The number of rotatable bonds is 4. The van der Waals surface area contributed by atoms with Gasteiger partial charge in [0, 0.05) is 50.3 Å². The Morgan fingerprint density at radius 1 is 1.03 bits per heavy atom. The summed E-state index contributed by atoms with van der Waals surface area (Å²) >= 11 is 0. The molecule has 3 aromatic rings. The van der Waals surface area contributed by atoms with Crippen molar-refractivity contribution in [2.45, 2.75) is 25.3 Å². The van der Waals surface area contributed by atoms with Crippen LogP contribution in [0.25, 0.3) is 11.1 Å². The molecule has 0 aliphatic carbocycles. The number of likely N-dealkylation sites (N-methyl/N-ethyl adjacent to an activating group) is 1. The highest BCUT2D eigenvalue weighted by Gasteiger charge is 2.32. The molecule has 2 aliphatic rings. The number of likely N-dealkylation sites (tertiary alicyclic amines) is 1. The van der Waals surface area contributed by atoms with Gasteiger partial charge in [0.15, 0.2) is 0 Å². The van der Waals surface area contributed by atoms with Gasteiger partial charge in [-0.05, 0) is 37.1 Å². The molecule has 0 radical (unpaired) electrons. The van der Waals surface area contributed by atoms with Crippen LogP contribution in [0.5, 0.6) is 0 Å². The fourth-order valence-electron chi connectivity index (χ4n) is 4.83. The third-order valence-electron chi connectivity index (χ3n) is 6.59. The Morgan fingerprint density at radius 2 is 1.81 bits per heavy atom. The first kappa shape index (κ1) is 20.6. The number of benzene rings is 2. The Balaban J connectivity index is 1.39. The summed E-state index contributed by atoms with van der Waals surface area (Å²) in [5.41, 5.74) is 5.15. The van der Waals surface area contributed by atoms with Gasteiger partial charge in [0.25, 0.3) is 5.91 Å². The summed E-state index contributed by atoms with van der Waals surface area (Å²) < 4.78 is 0. The molecule has 1 atom stereocenters. The summed E-state index contributed by atoms with van der Waals surface area (Å²) in [6, 6.07) is 18.0. The topological polar surface area (TPSA) is 61.4 Å². The normalized spacial score (nSPS) is 18.4. The molecule has 1 saturated heterocycles. The summed E-state index contributed by atoms with van der Waals surface area (Å²) in [5, 5.41) is 3.27. The number of aromatic nitrogens is 2. The fourth-order valence-corrected chi connectivity index (χ4v) is 4.83. The second-order valence-electron chi connectivity index (χ2n) is 8.74. The van der Waals surface area contributed by atoms with E-state index < -0.39 is 0 Å². The lowest BCUT2D eigenvalue weighted by Gasteiger charge is -2.26. The first-order valence-electron chi connectivity index (χ1n) is 11.3. The van der Waals surface area contributed by atoms with Gasteiger partial charge < -0.3 is 15.1 Å². The molecule has 3 heterocycles. The minimum absolute atomic E-state index is 0.0819. The van der Waals surface area contributed by atoms with Crippen LogP contribution >= 0.6 is 0 Å². The fraction of sp³-hybridized carbons (Fsp3) is 0.346. The van der Waals surface area contributed by atoms with Crippen LogP contribution in [0.15, 0.2) is 54.6 Å². The molecule has 1 aromatic heterocycles. The zero-order valence-corrected chi connectivity index (χ0v) is 18.7. The largest absolute Gasteiger partial charge is 0.373 e. The standard InChI is InChI=1S/C26H29N5O/c1-27-25-22-13-14-30(2)17-23(22)28-24(29-25)19-12-15-31(16-19)26(32)21-11-7-6-10-20(21)18-8-4-3-5-9-18/h3-11,19H,12-17H2,1-2H3,(H,27,28,29)/t19-/m1/s1. The Kier molecular flexibility index (Phi) is 5.62. The molecule has 1 fully saturated rings. The number of hydrogen-bond acceptors (Lipinski definition) is 5. The zero-order chi connectivity index (χ0) is 22.1. The molecule has 1 N–H and O–H groups in total. The van der Waals surface area contributed by atoms with Gasteiger partial charge in [0.05, 0.1) is 5.69 Å². The van der Waals surface area contributed by atoms with Gasteiger partial charge in [-0.2, -0.15) is 0 Å². The minimum atomic E-state index is 0.0819. The number of nitrogens with one attached hydrogen (secondary N) is 1. The second kappa shape index (κ2) is 8.71. The SMILES string of the molecule is CNc1nc([C@@H]2CCN(C(=O)c3ccccc3-c3ccccc3)C2)nc2c1CCN(C)C2. The summed E-state index contributed by atoms with van der Waals surface area (Å²) in [5.74, 6) is 2.04. The van der Waals surface area contributed by atoms with Crippen LogP contribution in [0.4, 0.5) is 5.82 Å². The molecule has 164 valence electrons. The predicted molar refractivity (Wildman–Crippen MR) is 127 cm³/mol. The van der Waals surface area contributed by atoms with Gasteiger partial charge in [-0.1, -0.05) is 48.5 Å². The third-order valence-corrected chi connectivity index (χ3v) is 6.59. The number of anilines is 1. The van der Waals surface area contributed by atoms with E-state index in [1.165, 1.54) is 5.56 Å². The van der Waals surface area contributed by atoms with Crippen molar-refractivity contribution in [3.8, 4) is 11.1 Å². The van der Waals surface area contributed by atoms with Crippen LogP contribution in [0, 0.1) is 0 Å². The number of nitrogens with zero attached hydrogens (tertiary/aromatic N) is 4. The third kappa shape index (κ3) is 3.86. The second-order valence-corrected chi connectivity index (χ2v) is 8.74. The van der Waals surface area contributed by atoms with Gasteiger partial charge in [-0.15, -0.1) is 0 Å². The van der Waals surface area contributed by atoms with Crippen LogP contribution in [0.3, 0.4) is 0 Å². The highest BCUT2D eigenvalue weighted by molar-refractivity contribution is 6.01. The first-order valence-corrected chi connectivity index (χ1v) is 11.3. The van der Waals surface area contributed by atoms with E-state index >= 15 is 0 Å². The number of carbonyl (C=O) groups is 1. The Hall–Kier alpha value is -3.25. The van der Waals surface area contributed by atoms with Crippen molar-refractivity contribution in [1.82, 2.24) is 19.8 Å². The predicted octanol–water partition coefficient (Wildman–Crippen LogP) is 3.80. The average molecular weight is 428 g/mol. The number of amides is 1. The number of fused-ring (bicyclic) bond motifs is 1. The zero-order valence-electron chi connectivity index (χ0n) is 18.7. The lowest BCUT2D eigenvalue weighted by Crippen LogP contribution is -2.30. The van der Waals surface area contributed by atoms with E-state index in [0.29, 0.717) is 6.54 Å². The van der Waals surface area contributed by atoms with Crippen molar-refractivity contribution < 1.29 is 4.79 Å². The van der Waals surface area contributed by atoms with E-state index in [4.69, 9.17) is 9.97 Å². The molecule has 6 nitrogen and oxygen atoms in total. The van der Waals surface area contributed by atoms with Crippen LogP contribution in [0.2, 0.25) is 0 Å². The summed E-state index contributed by atoms with van der Waals surface area (Å²) in [6.07, 6.45) is 1.85. The minimum Gasteiger partial charge on any atom is -0.373 e. The number of hydrogen-bond donors (Lipinski definition) is 1.